The number of aryl methyl sites for hydroxylation is 1. The number of ether oxygens (including phenoxy) is 2. The average molecular weight is 543 g/mol. The molecule has 1 amide bonds. The lowest BCUT2D eigenvalue weighted by Gasteiger charge is -2.32. The molecule has 0 saturated carbocycles. The quantitative estimate of drug-likeness (QED) is 0.355. The zero-order valence-electron chi connectivity index (χ0n) is 22.8. The summed E-state index contributed by atoms with van der Waals surface area (Å²) >= 11 is 5.87. The Morgan fingerprint density at radius 1 is 1.13 bits per heavy atom. The lowest BCUT2D eigenvalue weighted by molar-refractivity contribution is 0.0520. The van der Waals surface area contributed by atoms with E-state index in [0.717, 1.165) is 66.6 Å². The number of alkyl halides is 1. The van der Waals surface area contributed by atoms with Gasteiger partial charge in [-0.2, -0.15) is 0 Å². The van der Waals surface area contributed by atoms with Gasteiger partial charge in [0.15, 0.2) is 0 Å². The topological polar surface area (TPSA) is 93.5 Å². The van der Waals surface area contributed by atoms with Crippen LogP contribution in [0.4, 0.5) is 10.7 Å². The molecule has 9 nitrogen and oxygen atoms in total. The van der Waals surface area contributed by atoms with E-state index in [2.05, 4.69) is 26.2 Å². The number of hydrogen-bond donors (Lipinski definition) is 2. The van der Waals surface area contributed by atoms with E-state index in [1.165, 1.54) is 0 Å². The van der Waals surface area contributed by atoms with Crippen LogP contribution in [0.2, 0.25) is 0 Å². The van der Waals surface area contributed by atoms with E-state index in [0.29, 0.717) is 31.6 Å². The van der Waals surface area contributed by atoms with Crippen LogP contribution >= 0.6 is 11.6 Å². The molecule has 3 heterocycles. The normalized spacial score (nSPS) is 15.0. The Hall–Kier alpha value is -3.04. The van der Waals surface area contributed by atoms with Gasteiger partial charge in [0.2, 0.25) is 5.95 Å². The van der Waals surface area contributed by atoms with Crippen molar-refractivity contribution in [2.24, 2.45) is 0 Å². The molecular formula is C28H39ClN6O3. The van der Waals surface area contributed by atoms with Crippen molar-refractivity contribution in [1.29, 1.82) is 0 Å². The number of hydrogen-bond acceptors (Lipinski definition) is 7. The van der Waals surface area contributed by atoms with Gasteiger partial charge in [-0.1, -0.05) is 12.1 Å². The summed E-state index contributed by atoms with van der Waals surface area (Å²) in [7, 11) is 0. The standard InChI is InChI=1S/C28H39ClN6O3/c1-20-9-10-25(37-18-13-29)23(31-20)19-35-24-8-6-5-7-22(24)33-26(35)32-21-11-15-34(16-12-21)17-14-30-27(36)38-28(2,3)4/h5-10,21H,11-19H2,1-4H3,(H,30,36)(H,32,33). The first-order valence-corrected chi connectivity index (χ1v) is 13.8. The number of piperidine rings is 1. The fraction of sp³-hybridized carbons (Fsp3) is 0.536. The lowest BCUT2D eigenvalue weighted by Crippen LogP contribution is -2.43. The fourth-order valence-electron chi connectivity index (χ4n) is 4.60. The molecule has 1 aliphatic rings. The SMILES string of the molecule is Cc1ccc(OCCCl)c(Cn2c(NC3CCN(CCNC(=O)OC(C)(C)C)CC3)nc3ccccc32)n1. The molecule has 0 bridgehead atoms. The van der Waals surface area contributed by atoms with Crippen LogP contribution in [0, 0.1) is 6.92 Å². The summed E-state index contributed by atoms with van der Waals surface area (Å²) < 4.78 is 13.4. The Morgan fingerprint density at radius 2 is 1.89 bits per heavy atom. The molecule has 0 unspecified atom stereocenters. The summed E-state index contributed by atoms with van der Waals surface area (Å²) in [6.45, 7) is 11.8. The number of pyridine rings is 1. The van der Waals surface area contributed by atoms with Crippen LogP contribution in [0.25, 0.3) is 11.0 Å². The molecule has 1 aromatic carbocycles. The van der Waals surface area contributed by atoms with Gasteiger partial charge in [0.05, 0.1) is 23.5 Å². The molecule has 3 aromatic rings. The van der Waals surface area contributed by atoms with Crippen molar-refractivity contribution < 1.29 is 14.3 Å². The van der Waals surface area contributed by atoms with Crippen molar-refractivity contribution in [2.75, 3.05) is 44.0 Å². The monoisotopic (exact) mass is 542 g/mol. The number of anilines is 1. The highest BCUT2D eigenvalue weighted by Crippen LogP contribution is 2.26. The predicted octanol–water partition coefficient (Wildman–Crippen LogP) is 4.81. The van der Waals surface area contributed by atoms with E-state index in [1.54, 1.807) is 0 Å². The Kier molecular flexibility index (Phi) is 9.33. The second-order valence-electron chi connectivity index (χ2n) is 10.6. The van der Waals surface area contributed by atoms with Gasteiger partial charge in [-0.3, -0.25) is 4.98 Å². The van der Waals surface area contributed by atoms with Gasteiger partial charge in [-0.05, 0) is 64.8 Å². The number of fused-ring (bicyclic) bond motifs is 1. The maximum absolute atomic E-state index is 11.9. The Balaban J connectivity index is 1.39. The molecule has 10 heteroatoms. The number of halogens is 1. The third kappa shape index (κ3) is 7.74. The van der Waals surface area contributed by atoms with Crippen molar-refractivity contribution >= 4 is 34.7 Å². The van der Waals surface area contributed by atoms with E-state index in [1.807, 2.05) is 58.0 Å². The number of para-hydroxylation sites is 2. The van der Waals surface area contributed by atoms with Crippen molar-refractivity contribution in [1.82, 2.24) is 24.8 Å². The highest BCUT2D eigenvalue weighted by Gasteiger charge is 2.23. The number of aromatic nitrogens is 3. The number of carbonyl (C=O) groups is 1. The molecule has 0 atom stereocenters. The molecular weight excluding hydrogens is 504 g/mol. The smallest absolute Gasteiger partial charge is 0.407 e. The first kappa shape index (κ1) is 28.0. The number of nitrogens with zero attached hydrogens (tertiary/aromatic N) is 4. The molecule has 38 heavy (non-hydrogen) atoms. The summed E-state index contributed by atoms with van der Waals surface area (Å²) in [5.74, 6) is 2.00. The van der Waals surface area contributed by atoms with Gasteiger partial charge < -0.3 is 29.6 Å². The largest absolute Gasteiger partial charge is 0.490 e. The van der Waals surface area contributed by atoms with Gasteiger partial charge in [0.1, 0.15) is 23.7 Å². The minimum Gasteiger partial charge on any atom is -0.490 e. The summed E-state index contributed by atoms with van der Waals surface area (Å²) in [4.78, 5) is 24.0. The minimum absolute atomic E-state index is 0.304. The molecule has 1 saturated heterocycles. The van der Waals surface area contributed by atoms with E-state index in [-0.39, 0.29) is 6.09 Å². The summed E-state index contributed by atoms with van der Waals surface area (Å²) in [6, 6.07) is 12.4. The molecule has 0 spiro atoms. The van der Waals surface area contributed by atoms with Crippen LogP contribution in [0.5, 0.6) is 5.75 Å². The minimum atomic E-state index is -0.487. The summed E-state index contributed by atoms with van der Waals surface area (Å²) in [5, 5.41) is 6.55. The second-order valence-corrected chi connectivity index (χ2v) is 11.0. The van der Waals surface area contributed by atoms with E-state index >= 15 is 0 Å². The van der Waals surface area contributed by atoms with Crippen LogP contribution in [-0.2, 0) is 11.3 Å². The Morgan fingerprint density at radius 3 is 2.63 bits per heavy atom. The number of benzene rings is 1. The maximum atomic E-state index is 11.9. The number of carbonyl (C=O) groups excluding carboxylic acids is 1. The van der Waals surface area contributed by atoms with Gasteiger partial charge >= 0.3 is 6.09 Å². The average Bonchev–Trinajstić information content (AvgIpc) is 3.20. The highest BCUT2D eigenvalue weighted by molar-refractivity contribution is 6.18. The first-order chi connectivity index (χ1) is 18.2. The molecule has 2 N–H and O–H groups in total. The van der Waals surface area contributed by atoms with Crippen LogP contribution in [-0.4, -0.2) is 75.8 Å². The zero-order chi connectivity index (χ0) is 27.1. The van der Waals surface area contributed by atoms with Gasteiger partial charge in [-0.25, -0.2) is 9.78 Å². The summed E-state index contributed by atoms with van der Waals surface area (Å²) in [5.41, 5.74) is 3.29. The Bertz CT molecular complexity index is 1220. The van der Waals surface area contributed by atoms with Crippen molar-refractivity contribution in [3.05, 3.63) is 47.8 Å². The van der Waals surface area contributed by atoms with Crippen molar-refractivity contribution in [3.63, 3.8) is 0 Å². The van der Waals surface area contributed by atoms with Crippen LogP contribution < -0.4 is 15.4 Å². The van der Waals surface area contributed by atoms with E-state index in [4.69, 9.17) is 31.0 Å². The highest BCUT2D eigenvalue weighted by atomic mass is 35.5. The number of imidazole rings is 1. The molecule has 4 rings (SSSR count). The van der Waals surface area contributed by atoms with Crippen LogP contribution in [0.3, 0.4) is 0 Å². The lowest BCUT2D eigenvalue weighted by atomic mass is 10.1. The number of amides is 1. The summed E-state index contributed by atoms with van der Waals surface area (Å²) in [6.07, 6.45) is 1.61. The zero-order valence-corrected chi connectivity index (χ0v) is 23.6. The number of likely N-dealkylation sites (tertiary alicyclic amines) is 1. The maximum Gasteiger partial charge on any atom is 0.407 e. The van der Waals surface area contributed by atoms with Gasteiger partial charge in [-0.15, -0.1) is 11.6 Å². The van der Waals surface area contributed by atoms with Crippen molar-refractivity contribution in [3.8, 4) is 5.75 Å². The fourth-order valence-corrected chi connectivity index (χ4v) is 4.68. The number of alkyl carbamates (subject to hydrolysis) is 1. The van der Waals surface area contributed by atoms with E-state index < -0.39 is 5.60 Å². The first-order valence-electron chi connectivity index (χ1n) is 13.3. The third-order valence-electron chi connectivity index (χ3n) is 6.39. The third-order valence-corrected chi connectivity index (χ3v) is 6.54. The van der Waals surface area contributed by atoms with Gasteiger partial charge in [0, 0.05) is 37.9 Å². The van der Waals surface area contributed by atoms with Crippen LogP contribution in [0.1, 0.15) is 45.0 Å². The molecule has 206 valence electrons. The number of nitrogens with one attached hydrogen (secondary N) is 2. The Labute approximate surface area is 229 Å². The molecule has 0 radical (unpaired) electrons. The van der Waals surface area contributed by atoms with Crippen LogP contribution in [0.15, 0.2) is 36.4 Å². The van der Waals surface area contributed by atoms with E-state index in [9.17, 15) is 4.79 Å². The van der Waals surface area contributed by atoms with Crippen molar-refractivity contribution in [2.45, 2.75) is 58.7 Å². The molecule has 2 aromatic heterocycles. The number of rotatable bonds is 10. The molecule has 1 fully saturated rings. The molecule has 1 aliphatic heterocycles. The molecule has 0 aliphatic carbocycles. The predicted molar refractivity (Wildman–Crippen MR) is 151 cm³/mol. The second kappa shape index (κ2) is 12.7. The van der Waals surface area contributed by atoms with Gasteiger partial charge in [0.25, 0.3) is 0 Å².